The van der Waals surface area contributed by atoms with Crippen LogP contribution in [0.15, 0.2) is 60.7 Å². The van der Waals surface area contributed by atoms with Crippen molar-refractivity contribution in [3.05, 3.63) is 71.8 Å². The maximum atomic E-state index is 12.6. The van der Waals surface area contributed by atoms with Crippen molar-refractivity contribution in [2.24, 2.45) is 0 Å². The van der Waals surface area contributed by atoms with Gasteiger partial charge in [-0.2, -0.15) is 13.2 Å². The number of halogens is 3. The molecule has 0 aromatic heterocycles. The van der Waals surface area contributed by atoms with E-state index in [2.05, 4.69) is 5.32 Å². The Bertz CT molecular complexity index is 720. The number of amides is 1. The number of hydrogen-bond acceptors (Lipinski definition) is 3. The lowest BCUT2D eigenvalue weighted by Crippen LogP contribution is -2.49. The first-order chi connectivity index (χ1) is 13.9. The molecule has 0 unspecified atom stereocenters. The Balaban J connectivity index is 1.51. The fraction of sp³-hybridized carbons (Fsp3) is 0.409. The predicted octanol–water partition coefficient (Wildman–Crippen LogP) is 3.46. The maximum absolute atomic E-state index is 12.6. The van der Waals surface area contributed by atoms with E-state index in [0.29, 0.717) is 39.1 Å². The molecular formula is C22H26F3N3O. The largest absolute Gasteiger partial charge is 0.401 e. The molecule has 156 valence electrons. The number of carbonyl (C=O) groups is 1. The Hall–Kier alpha value is -2.38. The van der Waals surface area contributed by atoms with Crippen LogP contribution in [0.25, 0.3) is 0 Å². The van der Waals surface area contributed by atoms with Crippen LogP contribution < -0.4 is 5.32 Å². The van der Waals surface area contributed by atoms with Crippen LogP contribution in [-0.4, -0.2) is 61.2 Å². The lowest BCUT2D eigenvalue weighted by Gasteiger charge is -2.34. The minimum absolute atomic E-state index is 0.0690. The lowest BCUT2D eigenvalue weighted by atomic mass is 9.98. The Morgan fingerprint density at radius 3 is 1.83 bits per heavy atom. The van der Waals surface area contributed by atoms with E-state index in [1.54, 1.807) is 0 Å². The van der Waals surface area contributed by atoms with Crippen LogP contribution in [0, 0.1) is 0 Å². The first-order valence-corrected chi connectivity index (χ1v) is 9.81. The zero-order valence-corrected chi connectivity index (χ0v) is 16.2. The third-order valence-corrected chi connectivity index (χ3v) is 5.09. The Labute approximate surface area is 169 Å². The van der Waals surface area contributed by atoms with Crippen molar-refractivity contribution in [3.63, 3.8) is 0 Å². The number of piperazine rings is 1. The van der Waals surface area contributed by atoms with Crippen molar-refractivity contribution in [3.8, 4) is 0 Å². The van der Waals surface area contributed by atoms with E-state index in [0.717, 1.165) is 11.1 Å². The second kappa shape index (κ2) is 9.89. The van der Waals surface area contributed by atoms with Crippen LogP contribution in [0.2, 0.25) is 0 Å². The molecule has 29 heavy (non-hydrogen) atoms. The molecule has 4 nitrogen and oxygen atoms in total. The third-order valence-electron chi connectivity index (χ3n) is 5.09. The van der Waals surface area contributed by atoms with E-state index in [-0.39, 0.29) is 11.9 Å². The summed E-state index contributed by atoms with van der Waals surface area (Å²) in [7, 11) is 0. The first-order valence-electron chi connectivity index (χ1n) is 9.81. The first kappa shape index (κ1) is 21.3. The second-order valence-corrected chi connectivity index (χ2v) is 7.30. The molecule has 3 rings (SSSR count). The van der Waals surface area contributed by atoms with Gasteiger partial charge in [0.1, 0.15) is 0 Å². The van der Waals surface area contributed by atoms with Crippen LogP contribution >= 0.6 is 0 Å². The van der Waals surface area contributed by atoms with Gasteiger partial charge in [0.15, 0.2) is 0 Å². The topological polar surface area (TPSA) is 35.6 Å². The quantitative estimate of drug-likeness (QED) is 0.766. The van der Waals surface area contributed by atoms with Crippen molar-refractivity contribution in [1.29, 1.82) is 0 Å². The number of nitrogens with one attached hydrogen (secondary N) is 1. The monoisotopic (exact) mass is 405 g/mol. The van der Waals surface area contributed by atoms with Crippen molar-refractivity contribution in [2.45, 2.75) is 18.6 Å². The molecule has 0 bridgehead atoms. The molecule has 1 fully saturated rings. The van der Waals surface area contributed by atoms with Gasteiger partial charge in [-0.25, -0.2) is 0 Å². The van der Waals surface area contributed by atoms with Crippen LogP contribution in [0.5, 0.6) is 0 Å². The maximum Gasteiger partial charge on any atom is 0.401 e. The molecule has 0 atom stereocenters. The average Bonchev–Trinajstić information content (AvgIpc) is 2.72. The number of carbonyl (C=O) groups excluding carboxylic acids is 1. The van der Waals surface area contributed by atoms with Gasteiger partial charge in [-0.1, -0.05) is 60.7 Å². The number of hydrogen-bond donors (Lipinski definition) is 1. The molecule has 1 N–H and O–H groups in total. The van der Waals surface area contributed by atoms with Gasteiger partial charge in [-0.3, -0.25) is 9.69 Å². The second-order valence-electron chi connectivity index (χ2n) is 7.30. The average molecular weight is 405 g/mol. The zero-order chi connectivity index (χ0) is 20.7. The summed E-state index contributed by atoms with van der Waals surface area (Å²) in [4.78, 5) is 16.1. The molecule has 0 aliphatic carbocycles. The molecule has 2 aromatic rings. The summed E-state index contributed by atoms with van der Waals surface area (Å²) in [6.45, 7) is 1.52. The van der Waals surface area contributed by atoms with Crippen LogP contribution in [0.4, 0.5) is 13.2 Å². The zero-order valence-electron chi connectivity index (χ0n) is 16.2. The van der Waals surface area contributed by atoms with Crippen LogP contribution in [0.1, 0.15) is 23.6 Å². The van der Waals surface area contributed by atoms with Gasteiger partial charge in [-0.15, -0.1) is 0 Å². The molecule has 0 saturated carbocycles. The van der Waals surface area contributed by atoms with Gasteiger partial charge in [0.05, 0.1) is 12.6 Å². The van der Waals surface area contributed by atoms with E-state index in [1.165, 1.54) is 4.90 Å². The Kier molecular flexibility index (Phi) is 7.28. The fourth-order valence-electron chi connectivity index (χ4n) is 3.57. The van der Waals surface area contributed by atoms with Crippen molar-refractivity contribution in [2.75, 3.05) is 39.3 Å². The van der Waals surface area contributed by atoms with Crippen molar-refractivity contribution in [1.82, 2.24) is 15.1 Å². The molecule has 1 amide bonds. The number of rotatable bonds is 7. The molecule has 7 heteroatoms. The van der Waals surface area contributed by atoms with Gasteiger partial charge in [0.25, 0.3) is 0 Å². The highest BCUT2D eigenvalue weighted by Gasteiger charge is 2.32. The van der Waals surface area contributed by atoms with E-state index < -0.39 is 12.7 Å². The van der Waals surface area contributed by atoms with E-state index in [1.807, 2.05) is 65.6 Å². The van der Waals surface area contributed by atoms with Crippen LogP contribution in [-0.2, 0) is 4.79 Å². The molecule has 0 spiro atoms. The molecular weight excluding hydrogens is 379 g/mol. The highest BCUT2D eigenvalue weighted by atomic mass is 19.4. The molecule has 1 heterocycles. The van der Waals surface area contributed by atoms with Crippen molar-refractivity contribution >= 4 is 5.91 Å². The van der Waals surface area contributed by atoms with Gasteiger partial charge >= 0.3 is 6.18 Å². The Morgan fingerprint density at radius 2 is 1.34 bits per heavy atom. The normalized spacial score (nSPS) is 16.1. The van der Waals surface area contributed by atoms with E-state index in [4.69, 9.17) is 0 Å². The summed E-state index contributed by atoms with van der Waals surface area (Å²) in [5.74, 6) is -0.0690. The summed E-state index contributed by atoms with van der Waals surface area (Å²) >= 11 is 0. The standard InChI is InChI=1S/C22H26F3N3O/c23-22(24,25)17-28-15-13-27(14-16-28)12-11-20(29)26-21(18-7-3-1-4-8-18)19-9-5-2-6-10-19/h1-10,21H,11-17H2,(H,26,29). The minimum atomic E-state index is -4.16. The summed E-state index contributed by atoms with van der Waals surface area (Å²) in [6, 6.07) is 19.3. The molecule has 0 radical (unpaired) electrons. The van der Waals surface area contributed by atoms with Gasteiger partial charge in [-0.05, 0) is 11.1 Å². The smallest absolute Gasteiger partial charge is 0.345 e. The number of nitrogens with zero attached hydrogens (tertiary/aromatic N) is 2. The van der Waals surface area contributed by atoms with Gasteiger partial charge < -0.3 is 10.2 Å². The lowest BCUT2D eigenvalue weighted by molar-refractivity contribution is -0.149. The summed E-state index contributed by atoms with van der Waals surface area (Å²) in [6.07, 6.45) is -3.85. The minimum Gasteiger partial charge on any atom is -0.345 e. The molecule has 1 saturated heterocycles. The SMILES string of the molecule is O=C(CCN1CCN(CC(F)(F)F)CC1)NC(c1ccccc1)c1ccccc1. The summed E-state index contributed by atoms with van der Waals surface area (Å²) in [5.41, 5.74) is 2.01. The van der Waals surface area contributed by atoms with Gasteiger partial charge in [0.2, 0.25) is 5.91 Å². The molecule has 1 aliphatic heterocycles. The summed E-state index contributed by atoms with van der Waals surface area (Å²) in [5, 5.41) is 3.10. The number of benzene rings is 2. The van der Waals surface area contributed by atoms with Gasteiger partial charge in [0, 0.05) is 39.1 Å². The highest BCUT2D eigenvalue weighted by molar-refractivity contribution is 5.77. The summed E-state index contributed by atoms with van der Waals surface area (Å²) < 4.78 is 37.5. The molecule has 1 aliphatic rings. The Morgan fingerprint density at radius 1 is 0.862 bits per heavy atom. The van der Waals surface area contributed by atoms with Crippen molar-refractivity contribution < 1.29 is 18.0 Å². The highest BCUT2D eigenvalue weighted by Crippen LogP contribution is 2.22. The van der Waals surface area contributed by atoms with Crippen LogP contribution in [0.3, 0.4) is 0 Å². The number of alkyl halides is 3. The third kappa shape index (κ3) is 6.87. The molecule has 2 aromatic carbocycles. The van der Waals surface area contributed by atoms with E-state index in [9.17, 15) is 18.0 Å². The fourth-order valence-corrected chi connectivity index (χ4v) is 3.57. The van der Waals surface area contributed by atoms with E-state index >= 15 is 0 Å². The predicted molar refractivity (Wildman–Crippen MR) is 106 cm³/mol.